The second kappa shape index (κ2) is 7.31. The molecule has 5 rings (SSSR count). The molecule has 1 aromatic carbocycles. The second-order valence-corrected chi connectivity index (χ2v) is 8.80. The fourth-order valence-electron chi connectivity index (χ4n) is 4.00. The van der Waals surface area contributed by atoms with Crippen LogP contribution in [0.1, 0.15) is 29.4 Å². The summed E-state index contributed by atoms with van der Waals surface area (Å²) < 4.78 is 1.99. The van der Waals surface area contributed by atoms with Gasteiger partial charge in [0.25, 0.3) is 0 Å². The summed E-state index contributed by atoms with van der Waals surface area (Å²) >= 11 is 1.49. The van der Waals surface area contributed by atoms with Crippen molar-refractivity contribution in [1.29, 1.82) is 0 Å². The Morgan fingerprint density at radius 3 is 2.74 bits per heavy atom. The van der Waals surface area contributed by atoms with Crippen molar-refractivity contribution in [3.05, 3.63) is 59.0 Å². The first kappa shape index (κ1) is 19.4. The standard InChI is InChI=1S/C23H22N6OS/c1-12-10-16(24)6-9-19(12)29-21-17(20(28-29)15-5-4-13(2)25-11-15)7-8-18-22(21)31-23(27-18)26-14(3)30/h4-6,9-11H,7-8,24H2,1-3H3,(H,26,27,30). The summed E-state index contributed by atoms with van der Waals surface area (Å²) in [5.74, 6) is -0.124. The number of carbonyl (C=O) groups excluding carboxylic acids is 1. The molecular formula is C23H22N6OS. The summed E-state index contributed by atoms with van der Waals surface area (Å²) in [7, 11) is 0. The topological polar surface area (TPSA) is 98.7 Å². The minimum Gasteiger partial charge on any atom is -0.399 e. The van der Waals surface area contributed by atoms with Crippen molar-refractivity contribution < 1.29 is 4.79 Å². The number of amides is 1. The number of carbonyl (C=O) groups is 1. The van der Waals surface area contributed by atoms with Gasteiger partial charge >= 0.3 is 0 Å². The number of nitrogens with zero attached hydrogens (tertiary/aromatic N) is 4. The van der Waals surface area contributed by atoms with Crippen molar-refractivity contribution in [2.24, 2.45) is 0 Å². The molecule has 1 aliphatic rings. The maximum Gasteiger partial charge on any atom is 0.223 e. The molecule has 4 aromatic rings. The summed E-state index contributed by atoms with van der Waals surface area (Å²) in [6.07, 6.45) is 3.50. The number of hydrogen-bond donors (Lipinski definition) is 2. The van der Waals surface area contributed by atoms with E-state index in [2.05, 4.69) is 21.4 Å². The van der Waals surface area contributed by atoms with E-state index in [1.807, 2.05) is 49.0 Å². The van der Waals surface area contributed by atoms with Gasteiger partial charge in [0.15, 0.2) is 5.13 Å². The van der Waals surface area contributed by atoms with Gasteiger partial charge in [0.1, 0.15) is 0 Å². The maximum absolute atomic E-state index is 11.6. The van der Waals surface area contributed by atoms with E-state index in [0.717, 1.165) is 63.0 Å². The van der Waals surface area contributed by atoms with Gasteiger partial charge in [0.2, 0.25) is 5.91 Å². The van der Waals surface area contributed by atoms with Crippen LogP contribution in [0, 0.1) is 13.8 Å². The molecule has 7 nitrogen and oxygen atoms in total. The second-order valence-electron chi connectivity index (χ2n) is 7.80. The first-order chi connectivity index (χ1) is 14.9. The van der Waals surface area contributed by atoms with Crippen LogP contribution in [-0.2, 0) is 17.6 Å². The number of hydrogen-bond acceptors (Lipinski definition) is 6. The van der Waals surface area contributed by atoms with Crippen molar-refractivity contribution >= 4 is 28.1 Å². The number of rotatable bonds is 3. The van der Waals surface area contributed by atoms with Crippen molar-refractivity contribution in [1.82, 2.24) is 19.7 Å². The molecule has 0 saturated heterocycles. The Bertz CT molecular complexity index is 1320. The Labute approximate surface area is 184 Å². The summed E-state index contributed by atoms with van der Waals surface area (Å²) in [6, 6.07) is 9.92. The van der Waals surface area contributed by atoms with Gasteiger partial charge in [-0.05, 0) is 62.6 Å². The van der Waals surface area contributed by atoms with E-state index in [1.165, 1.54) is 23.8 Å². The minimum absolute atomic E-state index is 0.124. The van der Waals surface area contributed by atoms with Crippen LogP contribution in [0.4, 0.5) is 10.8 Å². The van der Waals surface area contributed by atoms with Gasteiger partial charge in [0.05, 0.1) is 27.6 Å². The predicted octanol–water partition coefficient (Wildman–Crippen LogP) is 4.31. The van der Waals surface area contributed by atoms with Gasteiger partial charge in [-0.2, -0.15) is 5.10 Å². The van der Waals surface area contributed by atoms with E-state index < -0.39 is 0 Å². The molecule has 0 aliphatic heterocycles. The van der Waals surface area contributed by atoms with Crippen molar-refractivity contribution in [2.75, 3.05) is 11.1 Å². The largest absolute Gasteiger partial charge is 0.399 e. The van der Waals surface area contributed by atoms with E-state index in [9.17, 15) is 4.79 Å². The van der Waals surface area contributed by atoms with Crippen LogP contribution < -0.4 is 11.1 Å². The molecule has 156 valence electrons. The number of pyridine rings is 1. The smallest absolute Gasteiger partial charge is 0.223 e. The lowest BCUT2D eigenvalue weighted by Crippen LogP contribution is -2.07. The number of aromatic nitrogens is 4. The normalized spacial score (nSPS) is 12.4. The van der Waals surface area contributed by atoms with Crippen LogP contribution in [0.25, 0.3) is 27.5 Å². The molecule has 0 spiro atoms. The lowest BCUT2D eigenvalue weighted by atomic mass is 9.95. The molecule has 3 aromatic heterocycles. The maximum atomic E-state index is 11.6. The van der Waals surface area contributed by atoms with Crippen molar-refractivity contribution in [3.8, 4) is 27.5 Å². The van der Waals surface area contributed by atoms with E-state index in [1.54, 1.807) is 0 Å². The minimum atomic E-state index is -0.124. The lowest BCUT2D eigenvalue weighted by molar-refractivity contribution is -0.114. The Hall–Kier alpha value is -3.52. The molecule has 0 bridgehead atoms. The molecule has 0 unspecified atom stereocenters. The third-order valence-electron chi connectivity index (χ3n) is 5.42. The fourth-order valence-corrected chi connectivity index (χ4v) is 5.12. The molecule has 31 heavy (non-hydrogen) atoms. The fraction of sp³-hybridized carbons (Fsp3) is 0.217. The molecule has 3 N–H and O–H groups in total. The van der Waals surface area contributed by atoms with E-state index in [0.29, 0.717) is 5.13 Å². The molecule has 0 radical (unpaired) electrons. The molecule has 3 heterocycles. The quantitative estimate of drug-likeness (QED) is 0.472. The van der Waals surface area contributed by atoms with Crippen LogP contribution >= 0.6 is 11.3 Å². The predicted molar refractivity (Wildman–Crippen MR) is 124 cm³/mol. The first-order valence-corrected chi connectivity index (χ1v) is 10.9. The van der Waals surface area contributed by atoms with Gasteiger partial charge in [0, 0.05) is 35.6 Å². The van der Waals surface area contributed by atoms with E-state index in [-0.39, 0.29) is 5.91 Å². The number of nitrogens with one attached hydrogen (secondary N) is 1. The van der Waals surface area contributed by atoms with Crippen LogP contribution in [0.3, 0.4) is 0 Å². The van der Waals surface area contributed by atoms with Gasteiger partial charge < -0.3 is 11.1 Å². The Balaban J connectivity index is 1.76. The Morgan fingerprint density at radius 2 is 2.03 bits per heavy atom. The summed E-state index contributed by atoms with van der Waals surface area (Å²) in [5, 5.41) is 8.49. The van der Waals surface area contributed by atoms with E-state index in [4.69, 9.17) is 10.8 Å². The highest BCUT2D eigenvalue weighted by Crippen LogP contribution is 2.44. The zero-order valence-electron chi connectivity index (χ0n) is 17.6. The summed E-state index contributed by atoms with van der Waals surface area (Å²) in [5.41, 5.74) is 14.8. The number of benzene rings is 1. The highest BCUT2D eigenvalue weighted by Gasteiger charge is 2.30. The molecule has 0 saturated carbocycles. The van der Waals surface area contributed by atoms with E-state index >= 15 is 0 Å². The molecule has 0 fully saturated rings. The Morgan fingerprint density at radius 1 is 1.19 bits per heavy atom. The van der Waals surface area contributed by atoms with Crippen LogP contribution in [0.5, 0.6) is 0 Å². The van der Waals surface area contributed by atoms with Crippen LogP contribution in [0.15, 0.2) is 36.5 Å². The Kier molecular flexibility index (Phi) is 4.59. The lowest BCUT2D eigenvalue weighted by Gasteiger charge is -2.15. The van der Waals surface area contributed by atoms with Crippen molar-refractivity contribution in [2.45, 2.75) is 33.6 Å². The van der Waals surface area contributed by atoms with Gasteiger partial charge in [-0.1, -0.05) is 11.3 Å². The molecule has 1 aliphatic carbocycles. The molecule has 1 amide bonds. The van der Waals surface area contributed by atoms with Gasteiger partial charge in [-0.15, -0.1) is 0 Å². The molecule has 8 heteroatoms. The van der Waals surface area contributed by atoms with Crippen LogP contribution in [-0.4, -0.2) is 25.7 Å². The van der Waals surface area contributed by atoms with Gasteiger partial charge in [-0.25, -0.2) is 9.67 Å². The zero-order chi connectivity index (χ0) is 21.7. The molecule has 0 atom stereocenters. The number of anilines is 2. The third-order valence-corrected chi connectivity index (χ3v) is 6.44. The third kappa shape index (κ3) is 3.38. The average molecular weight is 431 g/mol. The average Bonchev–Trinajstić information content (AvgIpc) is 3.29. The number of aryl methyl sites for hydroxylation is 3. The highest BCUT2D eigenvalue weighted by atomic mass is 32.1. The number of nitrogens with two attached hydrogens (primary N) is 1. The highest BCUT2D eigenvalue weighted by molar-refractivity contribution is 7.19. The SMILES string of the molecule is CC(=O)Nc1nc2c(s1)-c1c(c(-c3ccc(C)nc3)nn1-c1ccc(N)cc1C)CC2. The van der Waals surface area contributed by atoms with Gasteiger partial charge in [-0.3, -0.25) is 9.78 Å². The zero-order valence-corrected chi connectivity index (χ0v) is 18.4. The summed E-state index contributed by atoms with van der Waals surface area (Å²) in [4.78, 5) is 21.8. The van der Waals surface area contributed by atoms with Crippen LogP contribution in [0.2, 0.25) is 0 Å². The number of thiazole rings is 1. The first-order valence-electron chi connectivity index (χ1n) is 10.1. The molecular weight excluding hydrogens is 408 g/mol. The number of nitrogen functional groups attached to an aromatic ring is 1. The monoisotopic (exact) mass is 430 g/mol. The number of fused-ring (bicyclic) bond motifs is 3. The summed E-state index contributed by atoms with van der Waals surface area (Å²) in [6.45, 7) is 5.51. The van der Waals surface area contributed by atoms with Crippen molar-refractivity contribution in [3.63, 3.8) is 0 Å².